The van der Waals surface area contributed by atoms with Crippen molar-refractivity contribution in [3.8, 4) is 0 Å². The fourth-order valence-corrected chi connectivity index (χ4v) is 3.15. The van der Waals surface area contributed by atoms with Gasteiger partial charge in [0.2, 0.25) is 5.78 Å². The predicted molar refractivity (Wildman–Crippen MR) is 104 cm³/mol. The molecule has 0 aliphatic rings. The monoisotopic (exact) mass is 378 g/mol. The van der Waals surface area contributed by atoms with E-state index in [1.54, 1.807) is 12.1 Å². The number of nitrogens with zero attached hydrogens (tertiary/aromatic N) is 3. The Labute approximate surface area is 159 Å². The van der Waals surface area contributed by atoms with E-state index in [2.05, 4.69) is 15.4 Å². The number of rotatable bonds is 5. The van der Waals surface area contributed by atoms with Crippen LogP contribution >= 0.6 is 11.6 Å². The number of aliphatic hydroxyl groups is 1. The summed E-state index contributed by atoms with van der Waals surface area (Å²) in [5.74, 6) is -0.589. The number of aromatic nitrogens is 4. The molecule has 7 heteroatoms. The van der Waals surface area contributed by atoms with Gasteiger partial charge in [-0.1, -0.05) is 41.9 Å². The predicted octanol–water partition coefficient (Wildman–Crippen LogP) is 4.24. The van der Waals surface area contributed by atoms with E-state index in [0.717, 1.165) is 22.5 Å². The van der Waals surface area contributed by atoms with E-state index in [1.165, 1.54) is 6.20 Å². The number of aliphatic hydroxyl groups excluding tert-OH is 1. The number of H-pyrrole nitrogens is 1. The molecule has 4 rings (SSSR count). The first kappa shape index (κ1) is 17.1. The summed E-state index contributed by atoms with van der Waals surface area (Å²) in [5.41, 5.74) is 2.69. The Kier molecular flexibility index (Phi) is 4.48. The van der Waals surface area contributed by atoms with E-state index in [-0.39, 0.29) is 11.5 Å². The Balaban J connectivity index is 1.78. The number of nitrogens with one attached hydrogen (secondary N) is 1. The van der Waals surface area contributed by atoms with E-state index < -0.39 is 5.78 Å². The average molecular weight is 379 g/mol. The summed E-state index contributed by atoms with van der Waals surface area (Å²) in [6.07, 6.45) is 4.26. The zero-order valence-electron chi connectivity index (χ0n) is 14.1. The molecule has 0 unspecified atom stereocenters. The van der Waals surface area contributed by atoms with Crippen molar-refractivity contribution in [1.29, 1.82) is 0 Å². The number of benzene rings is 2. The highest BCUT2D eigenvalue weighted by Gasteiger charge is 2.15. The summed E-state index contributed by atoms with van der Waals surface area (Å²) in [7, 11) is 0. The van der Waals surface area contributed by atoms with Gasteiger partial charge in [0, 0.05) is 40.3 Å². The first-order chi connectivity index (χ1) is 13.1. The third kappa shape index (κ3) is 3.47. The van der Waals surface area contributed by atoms with Crippen LogP contribution in [0.3, 0.4) is 0 Å². The first-order valence-electron chi connectivity index (χ1n) is 8.25. The molecule has 4 aromatic rings. The topological polar surface area (TPSA) is 83.8 Å². The molecule has 0 aliphatic heterocycles. The van der Waals surface area contributed by atoms with Crippen LogP contribution in [0, 0.1) is 0 Å². The van der Waals surface area contributed by atoms with Crippen molar-refractivity contribution >= 4 is 34.0 Å². The highest BCUT2D eigenvalue weighted by molar-refractivity contribution is 6.31. The summed E-state index contributed by atoms with van der Waals surface area (Å²) in [5, 5.41) is 21.6. The Morgan fingerprint density at radius 2 is 2.04 bits per heavy atom. The van der Waals surface area contributed by atoms with Gasteiger partial charge in [0.05, 0.1) is 6.20 Å². The molecule has 2 aromatic heterocycles. The summed E-state index contributed by atoms with van der Waals surface area (Å²) < 4.78 is 2.01. The summed E-state index contributed by atoms with van der Waals surface area (Å²) in [6.45, 7) is 0.628. The van der Waals surface area contributed by atoms with Crippen molar-refractivity contribution in [2.75, 3.05) is 0 Å². The van der Waals surface area contributed by atoms with Gasteiger partial charge in [-0.05, 0) is 23.8 Å². The lowest BCUT2D eigenvalue weighted by atomic mass is 10.1. The second-order valence-corrected chi connectivity index (χ2v) is 6.50. The SMILES string of the molecule is O=C(/C=C(\O)c1cn(Cc2ccccc2)c2ccc(Cl)cc12)c1cn[nH]n1. The molecule has 0 radical (unpaired) electrons. The fourth-order valence-electron chi connectivity index (χ4n) is 2.98. The van der Waals surface area contributed by atoms with Crippen LogP contribution in [-0.4, -0.2) is 30.9 Å². The second kappa shape index (κ2) is 7.09. The molecular formula is C20H15ClN4O2. The zero-order chi connectivity index (χ0) is 18.8. The van der Waals surface area contributed by atoms with Crippen molar-refractivity contribution in [2.24, 2.45) is 0 Å². The van der Waals surface area contributed by atoms with Crippen LogP contribution in [0.1, 0.15) is 21.6 Å². The summed E-state index contributed by atoms with van der Waals surface area (Å²) >= 11 is 6.15. The van der Waals surface area contributed by atoms with Crippen LogP contribution in [0.15, 0.2) is 67.0 Å². The minimum absolute atomic E-state index is 0.132. The average Bonchev–Trinajstić information content (AvgIpc) is 3.31. The number of carbonyl (C=O) groups is 1. The van der Waals surface area contributed by atoms with E-state index in [4.69, 9.17) is 11.6 Å². The normalized spacial score (nSPS) is 11.8. The van der Waals surface area contributed by atoms with Crippen LogP contribution in [0.25, 0.3) is 16.7 Å². The number of halogens is 1. The van der Waals surface area contributed by atoms with Crippen molar-refractivity contribution in [1.82, 2.24) is 20.0 Å². The highest BCUT2D eigenvalue weighted by Crippen LogP contribution is 2.29. The lowest BCUT2D eigenvalue weighted by Crippen LogP contribution is -1.98. The molecular weight excluding hydrogens is 364 g/mol. The van der Waals surface area contributed by atoms with Gasteiger partial charge in [-0.25, -0.2) is 0 Å². The maximum atomic E-state index is 12.2. The number of fused-ring (bicyclic) bond motifs is 1. The van der Waals surface area contributed by atoms with E-state index in [1.807, 2.05) is 47.2 Å². The molecule has 0 aliphatic carbocycles. The second-order valence-electron chi connectivity index (χ2n) is 6.07. The van der Waals surface area contributed by atoms with Crippen molar-refractivity contribution < 1.29 is 9.90 Å². The molecule has 0 amide bonds. The van der Waals surface area contributed by atoms with Crippen molar-refractivity contribution in [3.63, 3.8) is 0 Å². The molecule has 0 bridgehead atoms. The summed E-state index contributed by atoms with van der Waals surface area (Å²) in [4.78, 5) is 12.2. The van der Waals surface area contributed by atoms with Gasteiger partial charge in [-0.2, -0.15) is 15.4 Å². The van der Waals surface area contributed by atoms with Crippen molar-refractivity contribution in [3.05, 3.63) is 88.8 Å². The lowest BCUT2D eigenvalue weighted by Gasteiger charge is -2.05. The maximum Gasteiger partial charge on any atom is 0.211 e. The molecule has 2 heterocycles. The molecule has 2 aromatic carbocycles. The third-order valence-corrected chi connectivity index (χ3v) is 4.49. The molecule has 134 valence electrons. The van der Waals surface area contributed by atoms with Gasteiger partial charge >= 0.3 is 0 Å². The Hall–Kier alpha value is -3.38. The van der Waals surface area contributed by atoms with E-state index in [0.29, 0.717) is 17.1 Å². The standard InChI is InChI=1S/C20H15ClN4O2/c21-14-6-7-18-15(8-14)16(12-25(18)11-13-4-2-1-3-5-13)19(26)9-20(27)17-10-22-24-23-17/h1-10,12,26H,11H2,(H,22,23,24)/b19-9-. The molecule has 27 heavy (non-hydrogen) atoms. The van der Waals surface area contributed by atoms with Crippen LogP contribution in [0.5, 0.6) is 0 Å². The number of allylic oxidation sites excluding steroid dienone is 1. The van der Waals surface area contributed by atoms with Gasteiger partial charge in [0.1, 0.15) is 5.76 Å². The van der Waals surface area contributed by atoms with Gasteiger partial charge in [0.25, 0.3) is 0 Å². The minimum Gasteiger partial charge on any atom is -0.507 e. The Morgan fingerprint density at radius 1 is 1.22 bits per heavy atom. The molecule has 0 fully saturated rings. The smallest absolute Gasteiger partial charge is 0.211 e. The van der Waals surface area contributed by atoms with Crippen LogP contribution in [0.2, 0.25) is 5.02 Å². The minimum atomic E-state index is -0.438. The zero-order valence-corrected chi connectivity index (χ0v) is 14.9. The number of ketones is 1. The first-order valence-corrected chi connectivity index (χ1v) is 8.63. The molecule has 0 atom stereocenters. The molecule has 2 N–H and O–H groups in total. The third-order valence-electron chi connectivity index (χ3n) is 4.25. The van der Waals surface area contributed by atoms with Gasteiger partial charge < -0.3 is 9.67 Å². The van der Waals surface area contributed by atoms with Crippen LogP contribution in [-0.2, 0) is 6.54 Å². The maximum absolute atomic E-state index is 12.2. The molecule has 0 saturated carbocycles. The molecule has 0 saturated heterocycles. The number of aromatic amines is 1. The Bertz CT molecular complexity index is 1130. The highest BCUT2D eigenvalue weighted by atomic mass is 35.5. The largest absolute Gasteiger partial charge is 0.507 e. The lowest BCUT2D eigenvalue weighted by molar-refractivity contribution is 0.104. The molecule has 0 spiro atoms. The fraction of sp³-hybridized carbons (Fsp3) is 0.0500. The number of hydrogen-bond acceptors (Lipinski definition) is 4. The van der Waals surface area contributed by atoms with E-state index >= 15 is 0 Å². The molecule has 6 nitrogen and oxygen atoms in total. The van der Waals surface area contributed by atoms with Gasteiger partial charge in [0.15, 0.2) is 5.69 Å². The van der Waals surface area contributed by atoms with Gasteiger partial charge in [-0.15, -0.1) is 0 Å². The van der Waals surface area contributed by atoms with Crippen LogP contribution in [0.4, 0.5) is 0 Å². The quantitative estimate of drug-likeness (QED) is 0.309. The summed E-state index contributed by atoms with van der Waals surface area (Å²) in [6, 6.07) is 15.5. The van der Waals surface area contributed by atoms with E-state index in [9.17, 15) is 9.90 Å². The Morgan fingerprint density at radius 3 is 2.78 bits per heavy atom. The number of hydrogen-bond donors (Lipinski definition) is 2. The van der Waals surface area contributed by atoms with Gasteiger partial charge in [-0.3, -0.25) is 4.79 Å². The van der Waals surface area contributed by atoms with Crippen molar-refractivity contribution in [2.45, 2.75) is 6.54 Å². The number of carbonyl (C=O) groups excluding carboxylic acids is 1. The van der Waals surface area contributed by atoms with Crippen LogP contribution < -0.4 is 0 Å².